The van der Waals surface area contributed by atoms with Crippen LogP contribution in [-0.4, -0.2) is 48.6 Å². The van der Waals surface area contributed by atoms with Crippen molar-refractivity contribution in [1.82, 2.24) is 0 Å². The Morgan fingerprint density at radius 2 is 0.789 bits per heavy atom. The predicted octanol–water partition coefficient (Wildman–Crippen LogP) is 8.78. The fourth-order valence-corrected chi connectivity index (χ4v) is 5.66. The standard InChI is InChI=1S/C31H61NO5S/c1-4-6-8-10-12-14-15-16-17-19-21-23-25-27-31(34)32(3,28-29-38(35,36)37)30(33)26-24-22-20-18-13-11-9-7-5-2/h4-29H2,1-3H3/p+1. The third-order valence-electron chi connectivity index (χ3n) is 7.89. The fourth-order valence-electron chi connectivity index (χ4n) is 5.06. The molecule has 0 aliphatic rings. The van der Waals surface area contributed by atoms with Crippen molar-refractivity contribution < 1.29 is 27.0 Å². The molecule has 226 valence electrons. The first kappa shape index (κ1) is 37.2. The van der Waals surface area contributed by atoms with Crippen LogP contribution in [0.1, 0.15) is 168 Å². The summed E-state index contributed by atoms with van der Waals surface area (Å²) in [5.41, 5.74) is 0. The van der Waals surface area contributed by atoms with Gasteiger partial charge in [-0.2, -0.15) is 12.9 Å². The molecule has 2 amide bonds. The molecular weight excluding hydrogens is 498 g/mol. The van der Waals surface area contributed by atoms with E-state index >= 15 is 0 Å². The molecule has 0 fully saturated rings. The van der Waals surface area contributed by atoms with Crippen LogP contribution in [0, 0.1) is 0 Å². The number of amides is 2. The summed E-state index contributed by atoms with van der Waals surface area (Å²) >= 11 is 0. The van der Waals surface area contributed by atoms with E-state index in [1.54, 1.807) is 0 Å². The third-order valence-corrected chi connectivity index (χ3v) is 8.58. The van der Waals surface area contributed by atoms with Gasteiger partial charge in [0.2, 0.25) is 0 Å². The zero-order chi connectivity index (χ0) is 28.5. The van der Waals surface area contributed by atoms with Crippen LogP contribution >= 0.6 is 0 Å². The molecule has 0 heterocycles. The van der Waals surface area contributed by atoms with Crippen molar-refractivity contribution in [2.75, 3.05) is 19.3 Å². The van der Waals surface area contributed by atoms with Crippen molar-refractivity contribution in [2.24, 2.45) is 0 Å². The molecule has 0 aliphatic carbocycles. The number of hydrogen-bond acceptors (Lipinski definition) is 4. The van der Waals surface area contributed by atoms with Crippen molar-refractivity contribution in [3.05, 3.63) is 0 Å². The summed E-state index contributed by atoms with van der Waals surface area (Å²) in [4.78, 5) is 26.1. The Morgan fingerprint density at radius 1 is 0.526 bits per heavy atom. The van der Waals surface area contributed by atoms with Crippen LogP contribution in [0.5, 0.6) is 0 Å². The van der Waals surface area contributed by atoms with Crippen LogP contribution in [0.15, 0.2) is 0 Å². The highest BCUT2D eigenvalue weighted by Crippen LogP contribution is 2.18. The van der Waals surface area contributed by atoms with Gasteiger partial charge in [0, 0.05) is 0 Å². The van der Waals surface area contributed by atoms with Crippen molar-refractivity contribution in [3.63, 3.8) is 0 Å². The topological polar surface area (TPSA) is 88.5 Å². The summed E-state index contributed by atoms with van der Waals surface area (Å²) in [5, 5.41) is 0. The van der Waals surface area contributed by atoms with Crippen LogP contribution in [0.2, 0.25) is 0 Å². The maximum Gasteiger partial charge on any atom is 0.320 e. The van der Waals surface area contributed by atoms with Gasteiger partial charge in [0.1, 0.15) is 12.3 Å². The molecule has 0 saturated heterocycles. The van der Waals surface area contributed by atoms with Crippen LogP contribution in [-0.2, 0) is 19.7 Å². The quantitative estimate of drug-likeness (QED) is 0.0616. The van der Waals surface area contributed by atoms with Gasteiger partial charge in [0.25, 0.3) is 10.1 Å². The summed E-state index contributed by atoms with van der Waals surface area (Å²) in [5.74, 6) is -1.02. The van der Waals surface area contributed by atoms with E-state index in [2.05, 4.69) is 13.8 Å². The van der Waals surface area contributed by atoms with E-state index < -0.39 is 20.4 Å². The molecule has 0 aromatic rings. The van der Waals surface area contributed by atoms with Crippen LogP contribution < -0.4 is 0 Å². The van der Waals surface area contributed by atoms with Crippen molar-refractivity contribution in [2.45, 2.75) is 168 Å². The number of carbonyl (C=O) groups is 2. The van der Waals surface area contributed by atoms with E-state index in [1.165, 1.54) is 110 Å². The molecule has 1 atom stereocenters. The Bertz CT molecular complexity index is 694. The summed E-state index contributed by atoms with van der Waals surface area (Å²) in [6, 6.07) is 0. The minimum absolute atomic E-state index is 0.188. The average molecular weight is 561 g/mol. The maximum atomic E-state index is 13.1. The molecule has 6 nitrogen and oxygen atoms in total. The molecule has 0 aliphatic heterocycles. The Balaban J connectivity index is 4.27. The molecule has 0 saturated carbocycles. The van der Waals surface area contributed by atoms with E-state index in [1.807, 2.05) is 0 Å². The van der Waals surface area contributed by atoms with Crippen molar-refractivity contribution in [1.29, 1.82) is 0 Å². The van der Waals surface area contributed by atoms with Crippen molar-refractivity contribution in [3.8, 4) is 0 Å². The Hall–Kier alpha value is -0.790. The second kappa shape index (κ2) is 24.0. The van der Waals surface area contributed by atoms with Crippen LogP contribution in [0.4, 0.5) is 0 Å². The Kier molecular flexibility index (Phi) is 23.5. The molecule has 0 radical (unpaired) electrons. The zero-order valence-electron chi connectivity index (χ0n) is 25.3. The average Bonchev–Trinajstić information content (AvgIpc) is 2.88. The van der Waals surface area contributed by atoms with Gasteiger partial charge in [-0.15, -0.1) is 0 Å². The van der Waals surface area contributed by atoms with Gasteiger partial charge >= 0.3 is 11.8 Å². The Morgan fingerprint density at radius 3 is 1.05 bits per heavy atom. The number of hydrogen-bond donors (Lipinski definition) is 1. The third kappa shape index (κ3) is 21.1. The van der Waals surface area contributed by atoms with Gasteiger partial charge in [-0.3, -0.25) is 4.55 Å². The highest BCUT2D eigenvalue weighted by Gasteiger charge is 2.39. The molecule has 0 rings (SSSR count). The van der Waals surface area contributed by atoms with Crippen molar-refractivity contribution >= 4 is 21.9 Å². The van der Waals surface area contributed by atoms with E-state index in [-0.39, 0.29) is 31.2 Å². The molecule has 0 aromatic heterocycles. The van der Waals surface area contributed by atoms with Gasteiger partial charge in [-0.1, -0.05) is 142 Å². The maximum absolute atomic E-state index is 13.1. The molecule has 0 aromatic carbocycles. The summed E-state index contributed by atoms with van der Waals surface area (Å²) in [7, 11) is -2.70. The Labute approximate surface area is 236 Å². The lowest BCUT2D eigenvalue weighted by molar-refractivity contribution is -0.755. The van der Waals surface area contributed by atoms with Gasteiger partial charge in [-0.05, 0) is 12.8 Å². The summed E-state index contributed by atoms with van der Waals surface area (Å²) < 4.78 is 31.4. The predicted molar refractivity (Wildman–Crippen MR) is 160 cm³/mol. The van der Waals surface area contributed by atoms with Gasteiger partial charge in [0.15, 0.2) is 0 Å². The molecule has 0 bridgehead atoms. The molecular formula is C31H62NO5S+. The lowest BCUT2D eigenvalue weighted by atomic mass is 10.0. The monoisotopic (exact) mass is 560 g/mol. The van der Waals surface area contributed by atoms with E-state index in [4.69, 9.17) is 0 Å². The molecule has 7 heteroatoms. The zero-order valence-corrected chi connectivity index (χ0v) is 26.1. The van der Waals surface area contributed by atoms with E-state index in [9.17, 15) is 22.6 Å². The first-order valence-corrected chi connectivity index (χ1v) is 17.7. The number of rotatable bonds is 27. The minimum Gasteiger partial charge on any atom is -0.285 e. The minimum atomic E-state index is -4.24. The first-order valence-electron chi connectivity index (χ1n) is 16.0. The second-order valence-corrected chi connectivity index (χ2v) is 13.1. The molecule has 38 heavy (non-hydrogen) atoms. The van der Waals surface area contributed by atoms with Gasteiger partial charge in [-0.25, -0.2) is 9.59 Å². The molecule has 1 N–H and O–H groups in total. The number of unbranched alkanes of at least 4 members (excludes halogenated alkanes) is 20. The van der Waals surface area contributed by atoms with E-state index in [0.717, 1.165) is 38.5 Å². The number of nitrogens with zero attached hydrogens (tertiary/aromatic N) is 1. The SMILES string of the molecule is CCCCCCCCCCCCCCCC(=O)[N+](C)(CCS(=O)(=O)O)C(=O)CCCCCCCCCCC. The molecule has 0 spiro atoms. The second-order valence-electron chi connectivity index (χ2n) is 11.6. The number of quaternary nitrogens is 1. The largest absolute Gasteiger partial charge is 0.320 e. The van der Waals surface area contributed by atoms with Crippen LogP contribution in [0.3, 0.4) is 0 Å². The normalized spacial score (nSPS) is 13.5. The lowest BCUT2D eigenvalue weighted by Crippen LogP contribution is -2.55. The fraction of sp³-hybridized carbons (Fsp3) is 0.935. The highest BCUT2D eigenvalue weighted by atomic mass is 32.2. The smallest absolute Gasteiger partial charge is 0.285 e. The summed E-state index contributed by atoms with van der Waals surface area (Å²) in [6.07, 6.45) is 26.7. The first-order chi connectivity index (χ1) is 18.2. The van der Waals surface area contributed by atoms with E-state index in [0.29, 0.717) is 0 Å². The van der Waals surface area contributed by atoms with Gasteiger partial charge < -0.3 is 0 Å². The summed E-state index contributed by atoms with van der Waals surface area (Å²) in [6.45, 7) is 4.27. The number of imide groups is 1. The van der Waals surface area contributed by atoms with Gasteiger partial charge in [0.05, 0.1) is 19.9 Å². The van der Waals surface area contributed by atoms with Crippen LogP contribution in [0.25, 0.3) is 0 Å². The lowest BCUT2D eigenvalue weighted by Gasteiger charge is -2.29. The highest BCUT2D eigenvalue weighted by molar-refractivity contribution is 7.85. The molecule has 1 unspecified atom stereocenters. The number of carbonyl (C=O) groups excluding carboxylic acids is 2.